The maximum absolute atomic E-state index is 13.5. The van der Waals surface area contributed by atoms with Crippen molar-refractivity contribution in [3.8, 4) is 0 Å². The minimum absolute atomic E-state index is 0.161. The Morgan fingerprint density at radius 2 is 1.81 bits per heavy atom. The topological polar surface area (TPSA) is 73.7 Å². The minimum Gasteiger partial charge on any atom is -0.503 e. The van der Waals surface area contributed by atoms with E-state index in [-0.39, 0.29) is 11.4 Å². The second kappa shape index (κ2) is 10.4. The first kappa shape index (κ1) is 24.1. The van der Waals surface area contributed by atoms with Crippen LogP contribution in [0, 0.1) is 13.8 Å². The number of aliphatic hydroxyl groups excluding tert-OH is 1. The molecule has 172 valence electrons. The van der Waals surface area contributed by atoms with Crippen LogP contribution in [0.25, 0.3) is 0 Å². The summed E-state index contributed by atoms with van der Waals surface area (Å²) in [6.45, 7) is 13.2. The first-order chi connectivity index (χ1) is 15.3. The molecular formula is C25H33N3O3S. The molecule has 1 aromatic heterocycles. The lowest BCUT2D eigenvalue weighted by Gasteiger charge is -2.28. The van der Waals surface area contributed by atoms with Crippen molar-refractivity contribution in [2.24, 2.45) is 0 Å². The van der Waals surface area contributed by atoms with Gasteiger partial charge in [-0.3, -0.25) is 9.59 Å². The lowest BCUT2D eigenvalue weighted by Crippen LogP contribution is -2.34. The van der Waals surface area contributed by atoms with Crippen LogP contribution in [0.15, 0.2) is 35.6 Å². The summed E-state index contributed by atoms with van der Waals surface area (Å²) in [5, 5.41) is 11.6. The minimum atomic E-state index is -0.598. The van der Waals surface area contributed by atoms with Crippen LogP contribution in [0.3, 0.4) is 0 Å². The summed E-state index contributed by atoms with van der Waals surface area (Å²) in [6.07, 6.45) is 1.67. The number of amides is 1. The number of carbonyl (C=O) groups excluding carboxylic acids is 2. The SMILES string of the molecule is CCc1ccc(C2C(C(=O)c3sc(C)nc3C)=C(O)C(=O)N2CCCN(CC)CC)cc1. The summed E-state index contributed by atoms with van der Waals surface area (Å²) >= 11 is 1.30. The number of Topliss-reactive ketones (excluding diaryl/α,β-unsaturated/α-hetero) is 1. The molecule has 2 aromatic rings. The molecule has 3 rings (SSSR count). The lowest BCUT2D eigenvalue weighted by molar-refractivity contribution is -0.129. The van der Waals surface area contributed by atoms with Crippen molar-refractivity contribution >= 4 is 23.0 Å². The highest BCUT2D eigenvalue weighted by Gasteiger charge is 2.44. The fourth-order valence-corrected chi connectivity index (χ4v) is 5.14. The molecule has 32 heavy (non-hydrogen) atoms. The van der Waals surface area contributed by atoms with Crippen LogP contribution < -0.4 is 0 Å². The predicted octanol–water partition coefficient (Wildman–Crippen LogP) is 4.63. The van der Waals surface area contributed by atoms with Gasteiger partial charge in [0, 0.05) is 6.54 Å². The van der Waals surface area contributed by atoms with Gasteiger partial charge < -0.3 is 14.9 Å². The highest BCUT2D eigenvalue weighted by Crippen LogP contribution is 2.40. The quantitative estimate of drug-likeness (QED) is 0.529. The van der Waals surface area contributed by atoms with Crippen LogP contribution in [0.2, 0.25) is 0 Å². The van der Waals surface area contributed by atoms with Gasteiger partial charge in [-0.2, -0.15) is 0 Å². The van der Waals surface area contributed by atoms with Gasteiger partial charge in [-0.05, 0) is 57.5 Å². The van der Waals surface area contributed by atoms with Crippen LogP contribution in [0.4, 0.5) is 0 Å². The molecular weight excluding hydrogens is 422 g/mol. The molecule has 1 unspecified atom stereocenters. The monoisotopic (exact) mass is 455 g/mol. The molecule has 0 saturated heterocycles. The van der Waals surface area contributed by atoms with E-state index in [1.807, 2.05) is 31.2 Å². The van der Waals surface area contributed by atoms with Crippen LogP contribution in [-0.4, -0.2) is 57.8 Å². The van der Waals surface area contributed by atoms with E-state index >= 15 is 0 Å². The molecule has 0 saturated carbocycles. The van der Waals surface area contributed by atoms with Crippen LogP contribution in [0.5, 0.6) is 0 Å². The second-order valence-corrected chi connectivity index (χ2v) is 9.32. The number of aromatic nitrogens is 1. The smallest absolute Gasteiger partial charge is 0.290 e. The summed E-state index contributed by atoms with van der Waals surface area (Å²) in [4.78, 5) is 35.4. The molecule has 1 N–H and O–H groups in total. The molecule has 0 spiro atoms. The number of rotatable bonds is 10. The van der Waals surface area contributed by atoms with Crippen molar-refractivity contribution in [1.29, 1.82) is 0 Å². The number of nitrogens with zero attached hydrogens (tertiary/aromatic N) is 3. The Morgan fingerprint density at radius 3 is 2.34 bits per heavy atom. The first-order valence-electron chi connectivity index (χ1n) is 11.4. The van der Waals surface area contributed by atoms with Crippen molar-refractivity contribution in [3.63, 3.8) is 0 Å². The second-order valence-electron chi connectivity index (χ2n) is 8.12. The third kappa shape index (κ3) is 4.79. The zero-order valence-corrected chi connectivity index (χ0v) is 20.5. The lowest BCUT2D eigenvalue weighted by atomic mass is 9.94. The third-order valence-electron chi connectivity index (χ3n) is 6.13. The van der Waals surface area contributed by atoms with E-state index < -0.39 is 17.7 Å². The Bertz CT molecular complexity index is 1010. The first-order valence-corrected chi connectivity index (χ1v) is 12.2. The number of aryl methyl sites for hydroxylation is 3. The summed E-state index contributed by atoms with van der Waals surface area (Å²) in [7, 11) is 0. The summed E-state index contributed by atoms with van der Waals surface area (Å²) in [5.74, 6) is -1.22. The van der Waals surface area contributed by atoms with E-state index in [9.17, 15) is 14.7 Å². The molecule has 0 aliphatic carbocycles. The number of thiazole rings is 1. The van der Waals surface area contributed by atoms with E-state index in [2.05, 4.69) is 30.7 Å². The molecule has 1 amide bonds. The molecule has 0 fully saturated rings. The number of benzene rings is 1. The van der Waals surface area contributed by atoms with Crippen molar-refractivity contribution in [2.75, 3.05) is 26.2 Å². The Morgan fingerprint density at radius 1 is 1.16 bits per heavy atom. The Balaban J connectivity index is 1.98. The van der Waals surface area contributed by atoms with Gasteiger partial charge in [-0.15, -0.1) is 11.3 Å². The molecule has 2 heterocycles. The van der Waals surface area contributed by atoms with Gasteiger partial charge in [0.1, 0.15) is 0 Å². The van der Waals surface area contributed by atoms with Gasteiger partial charge >= 0.3 is 0 Å². The fourth-order valence-electron chi connectivity index (χ4n) is 4.27. The van der Waals surface area contributed by atoms with Gasteiger partial charge in [0.05, 0.1) is 27.2 Å². The van der Waals surface area contributed by atoms with Crippen LogP contribution in [-0.2, 0) is 11.2 Å². The largest absolute Gasteiger partial charge is 0.503 e. The number of ketones is 1. The van der Waals surface area contributed by atoms with Crippen molar-refractivity contribution in [3.05, 3.63) is 62.3 Å². The molecule has 1 aliphatic heterocycles. The molecule has 1 aromatic carbocycles. The zero-order valence-electron chi connectivity index (χ0n) is 19.6. The molecule has 6 nitrogen and oxygen atoms in total. The van der Waals surface area contributed by atoms with Gasteiger partial charge in [0.25, 0.3) is 5.91 Å². The summed E-state index contributed by atoms with van der Waals surface area (Å²) < 4.78 is 0. The number of hydrogen-bond acceptors (Lipinski definition) is 6. The van der Waals surface area contributed by atoms with Crippen LogP contribution >= 0.6 is 11.3 Å². The molecule has 1 atom stereocenters. The Labute approximate surface area is 194 Å². The van der Waals surface area contributed by atoms with E-state index in [1.54, 1.807) is 11.8 Å². The van der Waals surface area contributed by atoms with E-state index in [0.29, 0.717) is 17.1 Å². The van der Waals surface area contributed by atoms with Crippen molar-refractivity contribution < 1.29 is 14.7 Å². The van der Waals surface area contributed by atoms with Gasteiger partial charge in [-0.1, -0.05) is 45.0 Å². The van der Waals surface area contributed by atoms with Gasteiger partial charge in [0.2, 0.25) is 5.78 Å². The predicted molar refractivity (Wildman–Crippen MR) is 128 cm³/mol. The Kier molecular flexibility index (Phi) is 7.85. The van der Waals surface area contributed by atoms with E-state index in [0.717, 1.165) is 43.0 Å². The van der Waals surface area contributed by atoms with E-state index in [4.69, 9.17) is 0 Å². The molecule has 7 heteroatoms. The molecule has 0 radical (unpaired) electrons. The zero-order chi connectivity index (χ0) is 23.4. The normalized spacial score (nSPS) is 16.5. The average Bonchev–Trinajstić information content (AvgIpc) is 3.26. The highest BCUT2D eigenvalue weighted by atomic mass is 32.1. The number of aliphatic hydroxyl groups is 1. The van der Waals surface area contributed by atoms with Gasteiger partial charge in [0.15, 0.2) is 5.76 Å². The van der Waals surface area contributed by atoms with Crippen molar-refractivity contribution in [2.45, 2.75) is 53.5 Å². The highest BCUT2D eigenvalue weighted by molar-refractivity contribution is 7.14. The number of hydrogen-bond donors (Lipinski definition) is 1. The number of carbonyl (C=O) groups is 2. The Hall–Kier alpha value is -2.51. The molecule has 0 bridgehead atoms. The van der Waals surface area contributed by atoms with Gasteiger partial charge in [-0.25, -0.2) is 4.98 Å². The maximum Gasteiger partial charge on any atom is 0.290 e. The summed E-state index contributed by atoms with van der Waals surface area (Å²) in [6, 6.07) is 7.37. The fraction of sp³-hybridized carbons (Fsp3) is 0.480. The van der Waals surface area contributed by atoms with Crippen molar-refractivity contribution in [1.82, 2.24) is 14.8 Å². The van der Waals surface area contributed by atoms with E-state index in [1.165, 1.54) is 16.9 Å². The standard InChI is InChI=1S/C25H33N3O3S/c1-6-18-10-12-19(13-11-18)21-20(22(29)24-16(4)26-17(5)32-24)23(30)25(31)28(21)15-9-14-27(7-2)8-3/h10-13,21,30H,6-9,14-15H2,1-5H3. The summed E-state index contributed by atoms with van der Waals surface area (Å²) in [5.41, 5.74) is 2.81. The average molecular weight is 456 g/mol. The molecule has 1 aliphatic rings. The third-order valence-corrected chi connectivity index (χ3v) is 7.20. The van der Waals surface area contributed by atoms with Crippen LogP contribution in [0.1, 0.15) is 64.7 Å². The maximum atomic E-state index is 13.5.